The number of carbonyl (C=O) groups excluding carboxylic acids is 5. The maximum atomic E-state index is 14.0. The van der Waals surface area contributed by atoms with E-state index < -0.39 is 69.3 Å². The molecule has 1 saturated heterocycles. The van der Waals surface area contributed by atoms with E-state index in [1.54, 1.807) is 49.4 Å². The quantitative estimate of drug-likeness (QED) is 0.0275. The van der Waals surface area contributed by atoms with Gasteiger partial charge in [0.1, 0.15) is 17.5 Å². The molecule has 5 aromatic carbocycles. The third-order valence-electron chi connectivity index (χ3n) is 10.9. The Morgan fingerprint density at radius 3 is 2.20 bits per heavy atom. The number of carboxylic acid groups (broad SMARTS) is 1. The summed E-state index contributed by atoms with van der Waals surface area (Å²) in [6.07, 6.45) is 1.93. The second kappa shape index (κ2) is 30.5. The number of hydrogen-bond donors (Lipinski definition) is 6. The average Bonchev–Trinajstić information content (AvgIpc) is 3.88. The Hall–Kier alpha value is -6.67. The minimum absolute atomic E-state index is 0.116. The minimum Gasteiger partial charge on any atom is -0.493 e. The van der Waals surface area contributed by atoms with E-state index in [-0.39, 0.29) is 38.2 Å². The highest BCUT2D eigenvalue weighted by atomic mass is 32.2. The van der Waals surface area contributed by atoms with Crippen molar-refractivity contribution in [3.63, 3.8) is 0 Å². The molecule has 0 radical (unpaired) electrons. The molecule has 7 rings (SSSR count). The van der Waals surface area contributed by atoms with Gasteiger partial charge in [-0.15, -0.1) is 11.8 Å². The topological polar surface area (TPSA) is 238 Å². The van der Waals surface area contributed by atoms with Crippen LogP contribution in [0.25, 0.3) is 16.3 Å². The predicted octanol–water partition coefficient (Wildman–Crippen LogP) is 8.38. The number of amides is 5. The molecule has 5 amide bonds. The first kappa shape index (κ1) is 59.9. The van der Waals surface area contributed by atoms with Gasteiger partial charge in [0.2, 0.25) is 17.7 Å². The van der Waals surface area contributed by atoms with Crippen LogP contribution in [-0.2, 0) is 58.6 Å². The van der Waals surface area contributed by atoms with E-state index in [2.05, 4.69) is 71.7 Å². The van der Waals surface area contributed by atoms with Crippen LogP contribution >= 0.6 is 23.5 Å². The predicted molar refractivity (Wildman–Crippen MR) is 293 cm³/mol. The van der Waals surface area contributed by atoms with Crippen molar-refractivity contribution >= 4 is 85.5 Å². The smallest absolute Gasteiger partial charge is 0.307 e. The molecule has 0 bridgehead atoms. The molecule has 0 spiro atoms. The zero-order valence-electron chi connectivity index (χ0n) is 42.6. The zero-order valence-corrected chi connectivity index (χ0v) is 45.1. The Labute approximate surface area is 442 Å². The number of benzene rings is 5. The molecule has 2 aliphatic rings. The first-order valence-electron chi connectivity index (χ1n) is 24.4. The van der Waals surface area contributed by atoms with Gasteiger partial charge in [0.25, 0.3) is 21.9 Å². The van der Waals surface area contributed by atoms with Gasteiger partial charge in [-0.3, -0.25) is 33.3 Å². The fraction of sp³-hybridized carbons (Fsp3) is 0.345. The van der Waals surface area contributed by atoms with Crippen LogP contribution in [0.15, 0.2) is 119 Å². The van der Waals surface area contributed by atoms with Crippen molar-refractivity contribution < 1.29 is 51.6 Å². The summed E-state index contributed by atoms with van der Waals surface area (Å²) in [5.74, 6) is -3.13. The largest absolute Gasteiger partial charge is 0.493 e. The maximum absolute atomic E-state index is 14.0. The molecule has 2 heterocycles. The molecule has 2 aliphatic heterocycles. The lowest BCUT2D eigenvalue weighted by Gasteiger charge is -2.25. The maximum Gasteiger partial charge on any atom is 0.307 e. The van der Waals surface area contributed by atoms with Crippen molar-refractivity contribution in [2.24, 2.45) is 0 Å². The monoisotopic (exact) mass is 1070 g/mol. The molecule has 396 valence electrons. The van der Waals surface area contributed by atoms with Crippen LogP contribution < -0.4 is 26.0 Å². The van der Waals surface area contributed by atoms with E-state index in [0.29, 0.717) is 45.6 Å². The number of nitrogens with one attached hydrogen (secondary N) is 4. The van der Waals surface area contributed by atoms with Crippen molar-refractivity contribution in [3.05, 3.63) is 148 Å². The molecule has 0 saturated carbocycles. The lowest BCUT2D eigenvalue weighted by molar-refractivity contribution is -0.139. The number of carboxylic acids is 1. The van der Waals surface area contributed by atoms with Gasteiger partial charge in [-0.1, -0.05) is 137 Å². The number of ether oxygens (including phenoxy) is 1. The summed E-state index contributed by atoms with van der Waals surface area (Å²) < 4.78 is 37.7. The molecule has 6 N–H and O–H groups in total. The van der Waals surface area contributed by atoms with E-state index in [1.165, 1.54) is 52.3 Å². The van der Waals surface area contributed by atoms with E-state index >= 15 is 0 Å². The van der Waals surface area contributed by atoms with Crippen molar-refractivity contribution in [1.29, 1.82) is 0 Å². The third kappa shape index (κ3) is 19.0. The summed E-state index contributed by atoms with van der Waals surface area (Å²) in [4.78, 5) is 79.6. The normalized spacial score (nSPS) is 13.9. The molecule has 16 nitrogen and oxygen atoms in total. The summed E-state index contributed by atoms with van der Waals surface area (Å²) in [6, 6.07) is 31.1. The first-order valence-corrected chi connectivity index (χ1v) is 28.0. The molecule has 19 heteroatoms. The number of rotatable bonds is 18. The minimum atomic E-state index is -4.29. The fourth-order valence-corrected chi connectivity index (χ4v) is 10.2. The highest BCUT2D eigenvalue weighted by Gasteiger charge is 2.35. The van der Waals surface area contributed by atoms with Gasteiger partial charge >= 0.3 is 5.97 Å². The summed E-state index contributed by atoms with van der Waals surface area (Å²) in [5.41, 5.74) is 6.05. The van der Waals surface area contributed by atoms with Gasteiger partial charge in [-0.25, -0.2) is 0 Å². The van der Waals surface area contributed by atoms with Gasteiger partial charge in [0.05, 0.1) is 31.7 Å². The number of likely N-dealkylation sites (tertiary alicyclic amines) is 1. The highest BCUT2D eigenvalue weighted by molar-refractivity contribution is 8.01. The Bertz CT molecular complexity index is 2860. The molecule has 0 aromatic heterocycles. The number of aliphatic carboxylic acids is 1. The van der Waals surface area contributed by atoms with Crippen LogP contribution in [0, 0.1) is 0 Å². The van der Waals surface area contributed by atoms with Gasteiger partial charge in [-0.05, 0) is 94.5 Å². The average molecular weight is 1070 g/mol. The Kier molecular flexibility index (Phi) is 24.7. The van der Waals surface area contributed by atoms with Crippen LogP contribution in [-0.4, -0.2) is 96.1 Å². The number of hydrogen-bond acceptors (Lipinski definition) is 11. The first-order chi connectivity index (χ1) is 35.5. The lowest BCUT2D eigenvalue weighted by Crippen LogP contribution is -2.52. The number of carbonyl (C=O) groups is 6. The Morgan fingerprint density at radius 1 is 0.824 bits per heavy atom. The highest BCUT2D eigenvalue weighted by Crippen LogP contribution is 2.32. The molecule has 1 unspecified atom stereocenters. The second-order valence-corrected chi connectivity index (χ2v) is 20.2. The van der Waals surface area contributed by atoms with Crippen molar-refractivity contribution in [1.82, 2.24) is 26.2 Å². The Balaban J connectivity index is 0.000000633. The van der Waals surface area contributed by atoms with Gasteiger partial charge < -0.3 is 36.0 Å². The van der Waals surface area contributed by atoms with Crippen molar-refractivity contribution in [3.8, 4) is 5.75 Å². The summed E-state index contributed by atoms with van der Waals surface area (Å²) in [5, 5.41) is 21.8. The van der Waals surface area contributed by atoms with Crippen molar-refractivity contribution in [2.45, 2.75) is 102 Å². The lowest BCUT2D eigenvalue weighted by atomic mass is 10.0. The van der Waals surface area contributed by atoms with Crippen LogP contribution in [0.5, 0.6) is 5.75 Å². The SMILES string of the molecule is CC.CC1=CSCc2ccccc21.CCC.CCOc1ccc2ccccc2c1C(=O)NC(Sc1ccc(CS(=O)(=O)O)cc1)C(=O)NCC(=O)N1CCC[C@H]1C(=O)NCC(=O)NCc1cccc(CC(=O)O)c1. The van der Waals surface area contributed by atoms with Gasteiger partial charge in [0.15, 0.2) is 5.37 Å². The van der Waals surface area contributed by atoms with Crippen molar-refractivity contribution in [2.75, 3.05) is 26.2 Å². The fourth-order valence-electron chi connectivity index (χ4n) is 7.73. The van der Waals surface area contributed by atoms with Gasteiger partial charge in [-0.2, -0.15) is 8.42 Å². The van der Waals surface area contributed by atoms with E-state index in [9.17, 15) is 41.7 Å². The number of nitrogens with zero attached hydrogens (tertiary/aromatic N) is 1. The molecule has 0 aliphatic carbocycles. The molecular formula is C55H67N5O11S3. The van der Waals surface area contributed by atoms with E-state index in [4.69, 9.17) is 9.84 Å². The standard InChI is InChI=1S/C40H43N5O11S2.C10H10S.C3H8.C2H6/c1-2-56-32-17-14-28-9-3-4-10-30(28)36(32)38(51)44-40(57-29-15-12-25(13-16-29)24-58(53,54)55)39(52)43-23-34(47)45-18-6-11-31(45)37(50)42-22-33(46)41-21-27-8-5-7-26(19-27)20-35(48)49;1-8-6-11-7-9-4-2-3-5-10(8)9;1-3-2;1-2/h3-5,7-10,12-17,19,31,40H,2,6,11,18,20-24H2,1H3,(H,41,46)(H,42,50)(H,43,52)(H,44,51)(H,48,49)(H,53,54,55);2-6H,7H2,1H3;3H2,1-2H3;1-2H3/t31-,40?;;;/m0.../s1. The van der Waals surface area contributed by atoms with Crippen LogP contribution in [0.1, 0.15) is 99.0 Å². The van der Waals surface area contributed by atoms with Crippen LogP contribution in [0.3, 0.4) is 0 Å². The summed E-state index contributed by atoms with van der Waals surface area (Å²) in [7, 11) is -4.29. The molecule has 2 atom stereocenters. The molecule has 5 aromatic rings. The summed E-state index contributed by atoms with van der Waals surface area (Å²) >= 11 is 2.81. The second-order valence-electron chi connectivity index (χ2n) is 16.8. The summed E-state index contributed by atoms with van der Waals surface area (Å²) in [6.45, 7) is 11.9. The van der Waals surface area contributed by atoms with Crippen LogP contribution in [0.2, 0.25) is 0 Å². The van der Waals surface area contributed by atoms with Crippen LogP contribution in [0.4, 0.5) is 0 Å². The number of thioether (sulfide) groups is 2. The number of allylic oxidation sites excluding steroid dienone is 1. The molecule has 74 heavy (non-hydrogen) atoms. The third-order valence-corrected chi connectivity index (χ3v) is 13.7. The van der Waals surface area contributed by atoms with E-state index in [0.717, 1.165) is 22.9 Å². The molecule has 1 fully saturated rings. The number of fused-ring (bicyclic) bond motifs is 2. The molecular weight excluding hydrogens is 1000 g/mol. The zero-order chi connectivity index (χ0) is 54.2. The Morgan fingerprint density at radius 2 is 1.51 bits per heavy atom. The van der Waals surface area contributed by atoms with E-state index in [1.807, 2.05) is 43.8 Å². The van der Waals surface area contributed by atoms with Gasteiger partial charge in [0, 0.05) is 23.7 Å².